The summed E-state index contributed by atoms with van der Waals surface area (Å²) in [5.41, 5.74) is 0. The number of benzene rings is 1. The lowest BCUT2D eigenvalue weighted by Gasteiger charge is -2.24. The average Bonchev–Trinajstić information content (AvgIpc) is 2.47. The van der Waals surface area contributed by atoms with Gasteiger partial charge in [0.2, 0.25) is 0 Å². The zero-order valence-electron chi connectivity index (χ0n) is 10.7. The third-order valence-electron chi connectivity index (χ3n) is 3.20. The Kier molecular flexibility index (Phi) is 4.80. The molecule has 1 aromatic carbocycles. The third kappa shape index (κ3) is 3.47. The predicted molar refractivity (Wildman–Crippen MR) is 74.7 cm³/mol. The fourth-order valence-electron chi connectivity index (χ4n) is 2.17. The van der Waals surface area contributed by atoms with Gasteiger partial charge < -0.3 is 4.74 Å². The van der Waals surface area contributed by atoms with Crippen LogP contribution in [0.25, 0.3) is 0 Å². The molecule has 2 atom stereocenters. The largest absolute Gasteiger partial charge is 0.469 e. The van der Waals surface area contributed by atoms with Crippen LogP contribution in [0.1, 0.15) is 12.8 Å². The van der Waals surface area contributed by atoms with Gasteiger partial charge in [-0.25, -0.2) is 0 Å². The molecule has 19 heavy (non-hydrogen) atoms. The van der Waals surface area contributed by atoms with Crippen molar-refractivity contribution in [2.75, 3.05) is 7.11 Å². The van der Waals surface area contributed by atoms with E-state index >= 15 is 0 Å². The summed E-state index contributed by atoms with van der Waals surface area (Å²) in [6, 6.07) is 9.50. The molecule has 3 nitrogen and oxygen atoms in total. The van der Waals surface area contributed by atoms with Gasteiger partial charge in [0, 0.05) is 10.8 Å². The van der Waals surface area contributed by atoms with Crippen LogP contribution in [-0.2, 0) is 14.3 Å². The summed E-state index contributed by atoms with van der Waals surface area (Å²) in [4.78, 5) is 24.9. The molecular weight excluding hydrogens is 260 g/mol. The van der Waals surface area contributed by atoms with Crippen molar-refractivity contribution in [2.24, 2.45) is 11.8 Å². The van der Waals surface area contributed by atoms with Gasteiger partial charge in [-0.05, 0) is 25.0 Å². The SMILES string of the molecule is COC(=O)[C@H]1CC=CC[C@H]1C(=O)Sc1ccccc1. The fourth-order valence-corrected chi connectivity index (χ4v) is 3.10. The van der Waals surface area contributed by atoms with Gasteiger partial charge in [-0.3, -0.25) is 9.59 Å². The van der Waals surface area contributed by atoms with Crippen LogP contribution in [0.4, 0.5) is 0 Å². The molecule has 0 aromatic heterocycles. The molecule has 0 aliphatic heterocycles. The number of hydrogen-bond donors (Lipinski definition) is 0. The highest BCUT2D eigenvalue weighted by atomic mass is 32.2. The molecule has 4 heteroatoms. The maximum absolute atomic E-state index is 12.3. The van der Waals surface area contributed by atoms with Crippen LogP contribution in [0.5, 0.6) is 0 Å². The first-order chi connectivity index (χ1) is 9.22. The summed E-state index contributed by atoms with van der Waals surface area (Å²) in [5.74, 6) is -0.933. The second kappa shape index (κ2) is 6.57. The maximum atomic E-state index is 12.3. The molecule has 1 aliphatic carbocycles. The van der Waals surface area contributed by atoms with Crippen LogP contribution in [0.15, 0.2) is 47.4 Å². The summed E-state index contributed by atoms with van der Waals surface area (Å²) in [7, 11) is 1.37. The first kappa shape index (κ1) is 13.9. The van der Waals surface area contributed by atoms with Crippen molar-refractivity contribution in [3.63, 3.8) is 0 Å². The van der Waals surface area contributed by atoms with Crippen molar-refractivity contribution in [3.8, 4) is 0 Å². The van der Waals surface area contributed by atoms with E-state index in [1.165, 1.54) is 18.9 Å². The summed E-state index contributed by atoms with van der Waals surface area (Å²) >= 11 is 1.20. The highest BCUT2D eigenvalue weighted by molar-refractivity contribution is 8.13. The average molecular weight is 276 g/mol. The number of carbonyl (C=O) groups excluding carboxylic acids is 2. The second-order valence-electron chi connectivity index (χ2n) is 4.41. The van der Waals surface area contributed by atoms with E-state index in [1.54, 1.807) is 0 Å². The highest BCUT2D eigenvalue weighted by Gasteiger charge is 2.34. The minimum Gasteiger partial charge on any atom is -0.469 e. The van der Waals surface area contributed by atoms with E-state index < -0.39 is 0 Å². The number of rotatable bonds is 3. The summed E-state index contributed by atoms with van der Waals surface area (Å²) in [6.45, 7) is 0. The Morgan fingerprint density at radius 2 is 1.74 bits per heavy atom. The standard InChI is InChI=1S/C15H16O3S/c1-18-14(16)12-9-5-6-10-13(12)15(17)19-11-7-3-2-4-8-11/h2-8,12-13H,9-10H2,1H3/t12-,13+/m0/s1. The lowest BCUT2D eigenvalue weighted by Crippen LogP contribution is -2.30. The van der Waals surface area contributed by atoms with Crippen LogP contribution < -0.4 is 0 Å². The first-order valence-corrected chi connectivity index (χ1v) is 7.03. The van der Waals surface area contributed by atoms with Crippen molar-refractivity contribution in [3.05, 3.63) is 42.5 Å². The molecule has 2 rings (SSSR count). The molecule has 0 radical (unpaired) electrons. The predicted octanol–water partition coefficient (Wildman–Crippen LogP) is 3.06. The van der Waals surface area contributed by atoms with E-state index in [0.29, 0.717) is 12.8 Å². The van der Waals surface area contributed by atoms with Crippen molar-refractivity contribution in [1.82, 2.24) is 0 Å². The quantitative estimate of drug-likeness (QED) is 0.483. The maximum Gasteiger partial charge on any atom is 0.309 e. The second-order valence-corrected chi connectivity index (χ2v) is 5.49. The molecule has 0 heterocycles. The van der Waals surface area contributed by atoms with E-state index in [4.69, 9.17) is 4.74 Å². The van der Waals surface area contributed by atoms with Crippen LogP contribution >= 0.6 is 11.8 Å². The minimum atomic E-state index is -0.348. The topological polar surface area (TPSA) is 43.4 Å². The third-order valence-corrected chi connectivity index (χ3v) is 4.21. The molecular formula is C15H16O3S. The van der Waals surface area contributed by atoms with Gasteiger partial charge in [-0.1, -0.05) is 42.1 Å². The molecule has 1 aromatic rings. The summed E-state index contributed by atoms with van der Waals surface area (Å²) in [6.07, 6.45) is 5.10. The van der Waals surface area contributed by atoms with Gasteiger partial charge in [0.1, 0.15) is 0 Å². The number of hydrogen-bond acceptors (Lipinski definition) is 4. The molecule has 0 fully saturated rings. The van der Waals surface area contributed by atoms with Gasteiger partial charge >= 0.3 is 5.97 Å². The van der Waals surface area contributed by atoms with Crippen LogP contribution in [-0.4, -0.2) is 18.2 Å². The smallest absolute Gasteiger partial charge is 0.309 e. The van der Waals surface area contributed by atoms with Crippen LogP contribution in [0, 0.1) is 11.8 Å². The minimum absolute atomic E-state index is 0.0333. The monoisotopic (exact) mass is 276 g/mol. The first-order valence-electron chi connectivity index (χ1n) is 6.22. The number of thioether (sulfide) groups is 1. The Balaban J connectivity index is 2.08. The van der Waals surface area contributed by atoms with Crippen molar-refractivity contribution < 1.29 is 14.3 Å². The Morgan fingerprint density at radius 3 is 2.37 bits per heavy atom. The van der Waals surface area contributed by atoms with E-state index in [9.17, 15) is 9.59 Å². The van der Waals surface area contributed by atoms with Crippen LogP contribution in [0.2, 0.25) is 0 Å². The molecule has 0 unspecified atom stereocenters. The van der Waals surface area contributed by atoms with Gasteiger partial charge in [-0.2, -0.15) is 0 Å². The fraction of sp³-hybridized carbons (Fsp3) is 0.333. The van der Waals surface area contributed by atoms with Crippen molar-refractivity contribution in [1.29, 1.82) is 0 Å². The van der Waals surface area contributed by atoms with Gasteiger partial charge in [0.15, 0.2) is 5.12 Å². The van der Waals surface area contributed by atoms with Crippen molar-refractivity contribution >= 4 is 22.8 Å². The Labute approximate surface area is 117 Å². The molecule has 0 N–H and O–H groups in total. The molecule has 100 valence electrons. The molecule has 0 saturated carbocycles. The number of ether oxygens (including phenoxy) is 1. The van der Waals surface area contributed by atoms with Crippen molar-refractivity contribution in [2.45, 2.75) is 17.7 Å². The number of allylic oxidation sites excluding steroid dienone is 2. The van der Waals surface area contributed by atoms with Gasteiger partial charge in [0.05, 0.1) is 13.0 Å². The molecule has 0 spiro atoms. The highest BCUT2D eigenvalue weighted by Crippen LogP contribution is 2.33. The number of esters is 1. The Bertz CT molecular complexity index is 481. The Morgan fingerprint density at radius 1 is 1.11 bits per heavy atom. The van der Waals surface area contributed by atoms with Gasteiger partial charge in [-0.15, -0.1) is 0 Å². The molecule has 0 saturated heterocycles. The summed E-state index contributed by atoms with van der Waals surface area (Å²) in [5, 5.41) is 0.0333. The normalized spacial score (nSPS) is 21.9. The lowest BCUT2D eigenvalue weighted by molar-refractivity contribution is -0.149. The molecule has 0 amide bonds. The Hall–Kier alpha value is -1.55. The number of methoxy groups -OCH3 is 1. The molecule has 1 aliphatic rings. The summed E-state index contributed by atoms with van der Waals surface area (Å²) < 4.78 is 4.79. The van der Waals surface area contributed by atoms with E-state index in [2.05, 4.69) is 0 Å². The van der Waals surface area contributed by atoms with E-state index in [-0.39, 0.29) is 22.9 Å². The van der Waals surface area contributed by atoms with Crippen LogP contribution in [0.3, 0.4) is 0 Å². The van der Waals surface area contributed by atoms with Gasteiger partial charge in [0.25, 0.3) is 0 Å². The molecule has 0 bridgehead atoms. The van der Waals surface area contributed by atoms with E-state index in [1.807, 2.05) is 42.5 Å². The zero-order valence-corrected chi connectivity index (χ0v) is 11.6. The number of carbonyl (C=O) groups is 2. The zero-order chi connectivity index (χ0) is 13.7. The lowest BCUT2D eigenvalue weighted by atomic mass is 9.84. The van der Waals surface area contributed by atoms with E-state index in [0.717, 1.165) is 4.90 Å².